The Morgan fingerprint density at radius 3 is 0.667 bits per heavy atom. The van der Waals surface area contributed by atoms with Crippen LogP contribution >= 0.6 is 23.2 Å². The van der Waals surface area contributed by atoms with Crippen LogP contribution < -0.4 is 26.3 Å². The SMILES string of the molecule is ClCCl.FC(F)(F)c1cc([B-](c2cc(C(F)(F)F)cc(C(F)(F)F)c2)(c2cc(C(F)(F)F)cc(C(F)(F)F)c2)c2cc(C(F)(F)F)cc(C(F)(F)F)c2)cc(C(F)(F)F)c1.c1ccc([Se+]2C3(C4CC5CC(C4)CC3C5)C23C2CC4CC(C2)CC3C4)cc1. The molecule has 0 nitrogen and oxygen atoms in total. The van der Waals surface area contributed by atoms with Gasteiger partial charge in [-0.25, -0.2) is 0 Å². The molecule has 9 aliphatic rings. The summed E-state index contributed by atoms with van der Waals surface area (Å²) in [6, 6.07) is 3.41. The van der Waals surface area contributed by atoms with Crippen molar-refractivity contribution in [1.82, 2.24) is 0 Å². The quantitative estimate of drug-likeness (QED) is 0.0935. The number of hydrogen-bond acceptors (Lipinski definition) is 0. The van der Waals surface area contributed by atoms with Gasteiger partial charge >= 0.3 is 218 Å². The molecule has 0 N–H and O–H groups in total. The normalized spacial score (nSPS) is 28.6. The summed E-state index contributed by atoms with van der Waals surface area (Å²) in [6.07, 6.45) is -38.4. The van der Waals surface area contributed by atoms with Crippen molar-refractivity contribution in [3.8, 4) is 0 Å². The Kier molecular flexibility index (Phi) is 16.5. The molecule has 1 heterocycles. The molecule has 9 fully saturated rings. The summed E-state index contributed by atoms with van der Waals surface area (Å²) >= 11 is 8.82. The summed E-state index contributed by atoms with van der Waals surface area (Å²) in [5.74, 6) is 9.14. The van der Waals surface area contributed by atoms with Gasteiger partial charge in [-0.15, -0.1) is 23.2 Å². The van der Waals surface area contributed by atoms with Gasteiger partial charge in [0.2, 0.25) is 0 Å². The third-order valence-corrected chi connectivity index (χ3v) is 27.5. The van der Waals surface area contributed by atoms with E-state index >= 15 is 0 Å². The van der Waals surface area contributed by atoms with Crippen LogP contribution in [0.5, 0.6) is 0 Å². The van der Waals surface area contributed by atoms with E-state index in [0.717, 1.165) is 56.0 Å². The van der Waals surface area contributed by atoms with Crippen LogP contribution in [0.4, 0.5) is 105 Å². The molecule has 8 bridgehead atoms. The van der Waals surface area contributed by atoms with Crippen molar-refractivity contribution in [2.24, 2.45) is 47.3 Å². The first-order chi connectivity index (χ1) is 40.0. The number of alkyl halides is 26. The standard InChI is InChI=1S/C32H12BF24.C26H33Se.CH2Cl2/c34-25(35,36)13-1-14(26(37,38)39)6-21(5-13)33(22-7-15(27(40,41)42)2-16(8-22)28(43,44)45,23-9-17(29(46,47)48)3-18(10-23)30(49,50)51)24-11-19(31(52,53)54)4-20(12-24)32(55,56)57;1-2-4-24(5-3-1)27-25(20-8-16-6-17(10-20)11-21(25)9-16)26(27)22-12-18-7-19(14-22)15-23(26)13-18;2-1-3/h1-12H;1-5,16-23H,6-15H2;1H2/q-1;+1;. The summed E-state index contributed by atoms with van der Waals surface area (Å²) in [6.45, 7) is 0. The van der Waals surface area contributed by atoms with Crippen LogP contribution in [0.3, 0.4) is 0 Å². The molecule has 474 valence electrons. The molecular formula is C59H47BCl2F24Se. The molecule has 1 aliphatic heterocycles. The van der Waals surface area contributed by atoms with E-state index in [1.165, 1.54) is 0 Å². The number of rotatable bonds is 5. The first-order valence-electron chi connectivity index (χ1n) is 27.2. The molecule has 28 heteroatoms. The molecule has 5 aromatic carbocycles. The minimum absolute atomic E-state index is 0.194. The van der Waals surface area contributed by atoms with E-state index < -0.39 is 209 Å². The van der Waals surface area contributed by atoms with Gasteiger partial charge in [0.15, 0.2) is 0 Å². The Labute approximate surface area is 495 Å². The second-order valence-corrected chi connectivity index (χ2v) is 30.1. The Hall–Kier alpha value is -4.42. The van der Waals surface area contributed by atoms with Gasteiger partial charge in [-0.2, -0.15) is 127 Å². The van der Waals surface area contributed by atoms with Crippen LogP contribution in [-0.4, -0.2) is 25.4 Å². The van der Waals surface area contributed by atoms with Crippen LogP contribution in [0.1, 0.15) is 109 Å². The molecule has 0 aromatic heterocycles. The Bertz CT molecular complexity index is 2830. The van der Waals surface area contributed by atoms with Crippen LogP contribution in [0.2, 0.25) is 8.63 Å². The van der Waals surface area contributed by atoms with E-state index in [9.17, 15) is 105 Å². The second-order valence-electron chi connectivity index (χ2n) is 24.1. The molecule has 0 atom stereocenters. The molecule has 8 aliphatic carbocycles. The predicted molar refractivity (Wildman–Crippen MR) is 278 cm³/mol. The first-order valence-corrected chi connectivity index (χ1v) is 30.9. The van der Waals surface area contributed by atoms with Crippen molar-refractivity contribution in [3.05, 3.63) is 148 Å². The monoisotopic (exact) mass is 1370 g/mol. The maximum absolute atomic E-state index is 14.2. The third-order valence-electron chi connectivity index (χ3n) is 19.4. The van der Waals surface area contributed by atoms with Gasteiger partial charge in [-0.3, -0.25) is 0 Å². The van der Waals surface area contributed by atoms with E-state index in [0.29, 0.717) is 0 Å². The summed E-state index contributed by atoms with van der Waals surface area (Å²) in [5, 5.41) is 0.194. The molecule has 0 radical (unpaired) electrons. The number of halogens is 26. The molecule has 0 unspecified atom stereocenters. The van der Waals surface area contributed by atoms with E-state index in [1.54, 1.807) is 64.2 Å². The molecular weight excluding hydrogens is 1330 g/mol. The zero-order valence-corrected chi connectivity index (χ0v) is 47.7. The second kappa shape index (κ2) is 21.9. The summed E-state index contributed by atoms with van der Waals surface area (Å²) < 4.78 is 344. The number of benzene rings is 5. The summed E-state index contributed by atoms with van der Waals surface area (Å²) in [4.78, 5) is 0. The van der Waals surface area contributed by atoms with Gasteiger partial charge < -0.3 is 0 Å². The molecule has 2 spiro atoms. The zero-order valence-electron chi connectivity index (χ0n) is 44.5. The van der Waals surface area contributed by atoms with Crippen LogP contribution in [0.15, 0.2) is 103 Å². The Morgan fingerprint density at radius 1 is 0.310 bits per heavy atom. The molecule has 14 rings (SSSR count). The van der Waals surface area contributed by atoms with Crippen molar-refractivity contribution in [3.63, 3.8) is 0 Å². The van der Waals surface area contributed by atoms with Crippen molar-refractivity contribution in [2.75, 3.05) is 5.34 Å². The molecule has 0 amide bonds. The first kappa shape index (κ1) is 65.5. The Morgan fingerprint density at radius 2 is 0.494 bits per heavy atom. The summed E-state index contributed by atoms with van der Waals surface area (Å²) in [5.41, 5.74) is -30.2. The van der Waals surface area contributed by atoms with Gasteiger partial charge in [0.05, 0.1) is 49.8 Å². The minimum atomic E-state index is -6.13. The van der Waals surface area contributed by atoms with Crippen LogP contribution in [0.25, 0.3) is 0 Å². The van der Waals surface area contributed by atoms with Crippen LogP contribution in [0, 0.1) is 47.3 Å². The van der Waals surface area contributed by atoms with Crippen LogP contribution in [-0.2, 0) is 49.4 Å². The Balaban J connectivity index is 0.000000226. The average molecular weight is 1370 g/mol. The maximum atomic E-state index is 14.2. The fourth-order valence-corrected chi connectivity index (χ4v) is 27.6. The fraction of sp³-hybridized carbons (Fsp3) is 0.492. The van der Waals surface area contributed by atoms with Gasteiger partial charge in [0.25, 0.3) is 0 Å². The van der Waals surface area contributed by atoms with Gasteiger partial charge in [0, 0.05) is 0 Å². The molecule has 5 aromatic rings. The van der Waals surface area contributed by atoms with E-state index in [4.69, 9.17) is 23.2 Å². The van der Waals surface area contributed by atoms with E-state index in [2.05, 4.69) is 30.3 Å². The predicted octanol–water partition coefficient (Wildman–Crippen LogP) is 18.4. The fourth-order valence-electron chi connectivity index (χ4n) is 17.1. The topological polar surface area (TPSA) is 0 Å². The van der Waals surface area contributed by atoms with Gasteiger partial charge in [-0.05, 0) is 24.3 Å². The van der Waals surface area contributed by atoms with E-state index in [1.807, 2.05) is 4.46 Å². The van der Waals surface area contributed by atoms with E-state index in [-0.39, 0.29) is 5.34 Å². The third kappa shape index (κ3) is 11.7. The van der Waals surface area contributed by atoms with Crippen molar-refractivity contribution < 1.29 is 105 Å². The molecule has 8 saturated carbocycles. The van der Waals surface area contributed by atoms with Gasteiger partial charge in [0.1, 0.15) is 6.15 Å². The van der Waals surface area contributed by atoms with Gasteiger partial charge in [-0.1, -0.05) is 48.5 Å². The molecule has 87 heavy (non-hydrogen) atoms. The van der Waals surface area contributed by atoms with Crippen molar-refractivity contribution in [1.29, 1.82) is 0 Å². The van der Waals surface area contributed by atoms with Crippen molar-refractivity contribution >= 4 is 69.6 Å². The zero-order chi connectivity index (χ0) is 64.0. The van der Waals surface area contributed by atoms with Crippen molar-refractivity contribution in [2.45, 2.75) is 122 Å². The molecule has 1 saturated heterocycles. The summed E-state index contributed by atoms with van der Waals surface area (Å²) in [7, 11) is 0. The average Bonchev–Trinajstić information content (AvgIpc) is 1.44. The number of hydrogen-bond donors (Lipinski definition) is 0.